The monoisotopic (exact) mass is 330 g/mol. The predicted molar refractivity (Wildman–Crippen MR) is 81.6 cm³/mol. The van der Waals surface area contributed by atoms with E-state index in [1.165, 1.54) is 10.6 Å². The van der Waals surface area contributed by atoms with Gasteiger partial charge in [-0.05, 0) is 12.1 Å². The molecule has 1 N–H and O–H groups in total. The fraction of sp³-hybridized carbons (Fsp3) is 0.462. The van der Waals surface area contributed by atoms with E-state index in [1.54, 1.807) is 26.3 Å². The normalized spacial score (nSPS) is 11.9. The lowest BCUT2D eigenvalue weighted by atomic mass is 10.3. The molecule has 0 radical (unpaired) electrons. The van der Waals surface area contributed by atoms with Crippen molar-refractivity contribution in [3.8, 4) is 0 Å². The molecule has 0 amide bonds. The van der Waals surface area contributed by atoms with Crippen molar-refractivity contribution < 1.29 is 22.3 Å². The number of anilines is 1. The molecule has 0 spiro atoms. The molecule has 0 aliphatic heterocycles. The van der Waals surface area contributed by atoms with Gasteiger partial charge in [0.25, 0.3) is 0 Å². The van der Waals surface area contributed by atoms with Crippen molar-refractivity contribution in [2.24, 2.45) is 7.05 Å². The molecule has 0 unspecified atom stereocenters. The zero-order chi connectivity index (χ0) is 16.2. The lowest BCUT2D eigenvalue weighted by Crippen LogP contribution is -2.20. The molecule has 122 valence electrons. The Hall–Kier alpha value is -1.84. The van der Waals surface area contributed by atoms with E-state index < -0.39 is 15.8 Å². The molecule has 1 heterocycles. The molecular weight excluding hydrogens is 312 g/mol. The standard InChI is InChI=1S/C13H18N2O6S/c1-15-11-4-3-10(9-12(11)21-13(15)16)14-22(17,18)8-7-20-6-5-19-2/h3-4,9,14H,5-8H2,1-2H3. The lowest BCUT2D eigenvalue weighted by Gasteiger charge is -2.08. The minimum Gasteiger partial charge on any atom is -0.408 e. The van der Waals surface area contributed by atoms with Crippen LogP contribution < -0.4 is 10.5 Å². The van der Waals surface area contributed by atoms with Gasteiger partial charge in [0.15, 0.2) is 5.58 Å². The third-order valence-electron chi connectivity index (χ3n) is 2.99. The van der Waals surface area contributed by atoms with Gasteiger partial charge < -0.3 is 13.9 Å². The Morgan fingerprint density at radius 2 is 2.05 bits per heavy atom. The Morgan fingerprint density at radius 1 is 1.27 bits per heavy atom. The average Bonchev–Trinajstić information content (AvgIpc) is 2.73. The van der Waals surface area contributed by atoms with Gasteiger partial charge in [-0.3, -0.25) is 9.29 Å². The summed E-state index contributed by atoms with van der Waals surface area (Å²) in [5, 5.41) is 0. The van der Waals surface area contributed by atoms with Gasteiger partial charge in [-0.15, -0.1) is 0 Å². The number of hydrogen-bond acceptors (Lipinski definition) is 6. The summed E-state index contributed by atoms with van der Waals surface area (Å²) >= 11 is 0. The number of ether oxygens (including phenoxy) is 2. The first-order valence-electron chi connectivity index (χ1n) is 6.60. The van der Waals surface area contributed by atoms with Crippen LogP contribution in [0.25, 0.3) is 11.1 Å². The van der Waals surface area contributed by atoms with Crippen LogP contribution in [0.3, 0.4) is 0 Å². The van der Waals surface area contributed by atoms with Crippen molar-refractivity contribution in [2.45, 2.75) is 0 Å². The molecule has 0 saturated carbocycles. The molecule has 0 aliphatic carbocycles. The highest BCUT2D eigenvalue weighted by Crippen LogP contribution is 2.18. The summed E-state index contributed by atoms with van der Waals surface area (Å²) in [6, 6.07) is 4.66. The summed E-state index contributed by atoms with van der Waals surface area (Å²) < 4.78 is 42.5. The highest BCUT2D eigenvalue weighted by atomic mass is 32.2. The zero-order valence-electron chi connectivity index (χ0n) is 12.4. The number of nitrogens with zero attached hydrogens (tertiary/aromatic N) is 1. The molecule has 1 aromatic carbocycles. The SMILES string of the molecule is COCCOCCS(=O)(=O)Nc1ccc2c(c1)oc(=O)n2C. The Bertz CT molecular complexity index is 792. The molecular formula is C13H18N2O6S. The van der Waals surface area contributed by atoms with E-state index >= 15 is 0 Å². The van der Waals surface area contributed by atoms with E-state index in [1.807, 2.05) is 0 Å². The molecule has 2 rings (SSSR count). The molecule has 0 saturated heterocycles. The van der Waals surface area contributed by atoms with Crippen molar-refractivity contribution >= 4 is 26.8 Å². The van der Waals surface area contributed by atoms with Gasteiger partial charge in [-0.2, -0.15) is 0 Å². The lowest BCUT2D eigenvalue weighted by molar-refractivity contribution is 0.0785. The quantitative estimate of drug-likeness (QED) is 0.709. The molecule has 2 aromatic rings. The van der Waals surface area contributed by atoms with Crippen molar-refractivity contribution in [3.63, 3.8) is 0 Å². The second-order valence-corrected chi connectivity index (χ2v) is 6.48. The minimum atomic E-state index is -3.54. The Labute approximate surface area is 127 Å². The summed E-state index contributed by atoms with van der Waals surface area (Å²) in [5.74, 6) is -0.672. The van der Waals surface area contributed by atoms with Crippen LogP contribution in [0.5, 0.6) is 0 Å². The number of fused-ring (bicyclic) bond motifs is 1. The van der Waals surface area contributed by atoms with E-state index in [0.29, 0.717) is 30.0 Å². The first-order valence-corrected chi connectivity index (χ1v) is 8.25. The summed E-state index contributed by atoms with van der Waals surface area (Å²) in [6.07, 6.45) is 0. The third-order valence-corrected chi connectivity index (χ3v) is 4.24. The topological polar surface area (TPSA) is 99.8 Å². The minimum absolute atomic E-state index is 0.0708. The molecule has 0 atom stereocenters. The first kappa shape index (κ1) is 16.5. The molecule has 8 nitrogen and oxygen atoms in total. The van der Waals surface area contributed by atoms with E-state index in [2.05, 4.69) is 4.72 Å². The van der Waals surface area contributed by atoms with Crippen LogP contribution in [0.4, 0.5) is 5.69 Å². The Balaban J connectivity index is 2.01. The molecule has 0 fully saturated rings. The smallest absolute Gasteiger partial charge is 0.408 e. The summed E-state index contributed by atoms with van der Waals surface area (Å²) in [4.78, 5) is 11.4. The van der Waals surface area contributed by atoms with E-state index in [0.717, 1.165) is 0 Å². The molecule has 22 heavy (non-hydrogen) atoms. The number of oxazole rings is 1. The van der Waals surface area contributed by atoms with Crippen molar-refractivity contribution in [2.75, 3.05) is 37.4 Å². The molecule has 0 bridgehead atoms. The van der Waals surface area contributed by atoms with Gasteiger partial charge in [0.05, 0.1) is 36.8 Å². The highest BCUT2D eigenvalue weighted by Gasteiger charge is 2.12. The van der Waals surface area contributed by atoms with Gasteiger partial charge >= 0.3 is 5.76 Å². The number of rotatable bonds is 8. The maximum atomic E-state index is 11.9. The zero-order valence-corrected chi connectivity index (χ0v) is 13.2. The van der Waals surface area contributed by atoms with Crippen LogP contribution in [-0.2, 0) is 26.5 Å². The summed E-state index contributed by atoms with van der Waals surface area (Å²) in [5.41, 5.74) is 1.25. The molecule has 0 aliphatic rings. The maximum Gasteiger partial charge on any atom is 0.419 e. The number of methoxy groups -OCH3 is 1. The number of aromatic nitrogens is 1. The van der Waals surface area contributed by atoms with Crippen LogP contribution in [-0.4, -0.2) is 45.7 Å². The Morgan fingerprint density at radius 3 is 2.77 bits per heavy atom. The average molecular weight is 330 g/mol. The first-order chi connectivity index (χ1) is 10.4. The Kier molecular flexibility index (Phi) is 5.22. The van der Waals surface area contributed by atoms with Crippen molar-refractivity contribution in [1.29, 1.82) is 0 Å². The second-order valence-electron chi connectivity index (χ2n) is 4.64. The number of benzene rings is 1. The summed E-state index contributed by atoms with van der Waals surface area (Å²) in [6.45, 7) is 0.825. The van der Waals surface area contributed by atoms with Gasteiger partial charge in [-0.25, -0.2) is 13.2 Å². The van der Waals surface area contributed by atoms with Crippen molar-refractivity contribution in [3.05, 3.63) is 28.7 Å². The molecule has 9 heteroatoms. The van der Waals surface area contributed by atoms with Crippen LogP contribution in [0.15, 0.2) is 27.4 Å². The van der Waals surface area contributed by atoms with Crippen LogP contribution in [0, 0.1) is 0 Å². The van der Waals surface area contributed by atoms with Crippen molar-refractivity contribution in [1.82, 2.24) is 4.57 Å². The van der Waals surface area contributed by atoms with Gasteiger partial charge in [0.1, 0.15) is 0 Å². The van der Waals surface area contributed by atoms with E-state index in [9.17, 15) is 13.2 Å². The van der Waals surface area contributed by atoms with E-state index in [-0.39, 0.29) is 12.4 Å². The second kappa shape index (κ2) is 6.95. The number of hydrogen-bond donors (Lipinski definition) is 1. The van der Waals surface area contributed by atoms with Gasteiger partial charge in [0, 0.05) is 20.2 Å². The fourth-order valence-electron chi connectivity index (χ4n) is 1.84. The number of nitrogens with one attached hydrogen (secondary N) is 1. The fourth-order valence-corrected chi connectivity index (χ4v) is 2.77. The van der Waals surface area contributed by atoms with Gasteiger partial charge in [0.2, 0.25) is 10.0 Å². The van der Waals surface area contributed by atoms with Crippen LogP contribution in [0.2, 0.25) is 0 Å². The molecule has 1 aromatic heterocycles. The highest BCUT2D eigenvalue weighted by molar-refractivity contribution is 7.92. The largest absolute Gasteiger partial charge is 0.419 e. The number of aryl methyl sites for hydroxylation is 1. The third kappa shape index (κ3) is 4.09. The van der Waals surface area contributed by atoms with Crippen LogP contribution >= 0.6 is 0 Å². The number of sulfonamides is 1. The van der Waals surface area contributed by atoms with E-state index in [4.69, 9.17) is 13.9 Å². The predicted octanol–water partition coefficient (Wildman–Crippen LogP) is 0.536. The van der Waals surface area contributed by atoms with Gasteiger partial charge in [-0.1, -0.05) is 0 Å². The van der Waals surface area contributed by atoms with Crippen LogP contribution in [0.1, 0.15) is 0 Å². The summed E-state index contributed by atoms with van der Waals surface area (Å²) in [7, 11) is -0.416. The maximum absolute atomic E-state index is 11.9.